The van der Waals surface area contributed by atoms with Crippen LogP contribution >= 0.6 is 0 Å². The number of rotatable bonds is 3. The highest BCUT2D eigenvalue weighted by Gasteiger charge is 2.35. The molecule has 1 aromatic heterocycles. The molecule has 4 nitrogen and oxygen atoms in total. The van der Waals surface area contributed by atoms with Crippen molar-refractivity contribution in [1.29, 1.82) is 0 Å². The Morgan fingerprint density at radius 2 is 1.57 bits per heavy atom. The highest BCUT2D eigenvalue weighted by molar-refractivity contribution is 7.90. The molecule has 3 rings (SSSR count). The van der Waals surface area contributed by atoms with Gasteiger partial charge in [-0.25, -0.2) is 26.3 Å². The second-order valence-corrected chi connectivity index (χ2v) is 7.82. The number of hydrogen-bond acceptors (Lipinski definition) is 3. The number of aromatic nitrogens is 2. The lowest BCUT2D eigenvalue weighted by atomic mass is 10.1. The van der Waals surface area contributed by atoms with Crippen LogP contribution in [0.3, 0.4) is 0 Å². The van der Waals surface area contributed by atoms with Crippen LogP contribution in [0.25, 0.3) is 16.9 Å². The Labute approximate surface area is 155 Å². The number of nitrogens with zero attached hydrogens (tertiary/aromatic N) is 2. The SMILES string of the molecule is CS(=O)(=O)c1ccc(-c2cc(C(F)(F)F)nn2-c2ccc(F)c(F)c2)cc1F. The van der Waals surface area contributed by atoms with E-state index >= 15 is 0 Å². The normalized spacial score (nSPS) is 12.4. The van der Waals surface area contributed by atoms with Crippen molar-refractivity contribution in [3.8, 4) is 16.9 Å². The van der Waals surface area contributed by atoms with Crippen LogP contribution in [0.4, 0.5) is 26.3 Å². The molecule has 28 heavy (non-hydrogen) atoms. The Balaban J connectivity index is 2.24. The monoisotopic (exact) mass is 420 g/mol. The van der Waals surface area contributed by atoms with E-state index in [0.717, 1.165) is 30.5 Å². The first kappa shape index (κ1) is 19.9. The van der Waals surface area contributed by atoms with Gasteiger partial charge in [-0.2, -0.15) is 18.3 Å². The van der Waals surface area contributed by atoms with E-state index in [9.17, 15) is 34.8 Å². The molecule has 1 heterocycles. The van der Waals surface area contributed by atoms with Crippen LogP contribution in [0.1, 0.15) is 5.69 Å². The van der Waals surface area contributed by atoms with Gasteiger partial charge in [-0.1, -0.05) is 6.07 Å². The summed E-state index contributed by atoms with van der Waals surface area (Å²) in [6, 6.07) is 5.64. The van der Waals surface area contributed by atoms with Gasteiger partial charge >= 0.3 is 6.18 Å². The van der Waals surface area contributed by atoms with E-state index in [2.05, 4.69) is 5.10 Å². The molecular formula is C17H10F6N2O2S. The summed E-state index contributed by atoms with van der Waals surface area (Å²) in [5.74, 6) is -3.70. The lowest BCUT2D eigenvalue weighted by Crippen LogP contribution is -2.07. The van der Waals surface area contributed by atoms with Crippen LogP contribution in [-0.2, 0) is 16.0 Å². The minimum Gasteiger partial charge on any atom is -0.232 e. The number of sulfone groups is 1. The molecule has 0 aliphatic heterocycles. The minimum absolute atomic E-state index is 0.141. The van der Waals surface area contributed by atoms with Crippen LogP contribution < -0.4 is 0 Å². The van der Waals surface area contributed by atoms with E-state index in [0.29, 0.717) is 22.9 Å². The van der Waals surface area contributed by atoms with Gasteiger partial charge < -0.3 is 0 Å². The highest BCUT2D eigenvalue weighted by atomic mass is 32.2. The first-order chi connectivity index (χ1) is 12.9. The predicted octanol–water partition coefficient (Wildman–Crippen LogP) is 4.38. The average molecular weight is 420 g/mol. The molecule has 0 saturated heterocycles. The van der Waals surface area contributed by atoms with Crippen LogP contribution in [0, 0.1) is 17.5 Å². The molecule has 0 atom stereocenters. The molecule has 11 heteroatoms. The zero-order valence-electron chi connectivity index (χ0n) is 13.9. The molecule has 148 valence electrons. The van der Waals surface area contributed by atoms with E-state index < -0.39 is 44.1 Å². The maximum absolute atomic E-state index is 14.2. The largest absolute Gasteiger partial charge is 0.435 e. The second kappa shape index (κ2) is 6.66. The summed E-state index contributed by atoms with van der Waals surface area (Å²) in [5, 5.41) is 3.36. The molecule has 0 aliphatic rings. The molecule has 2 aromatic carbocycles. The Morgan fingerprint density at radius 3 is 2.11 bits per heavy atom. The van der Waals surface area contributed by atoms with Crippen LogP contribution in [0.5, 0.6) is 0 Å². The van der Waals surface area contributed by atoms with Crippen molar-refractivity contribution >= 4 is 9.84 Å². The van der Waals surface area contributed by atoms with Crippen molar-refractivity contribution in [1.82, 2.24) is 9.78 Å². The van der Waals surface area contributed by atoms with Gasteiger partial charge in [0.15, 0.2) is 27.2 Å². The van der Waals surface area contributed by atoms with Gasteiger partial charge in [0.25, 0.3) is 0 Å². The summed E-state index contributed by atoms with van der Waals surface area (Å²) in [5.41, 5.74) is -2.02. The van der Waals surface area contributed by atoms with Gasteiger partial charge in [0.1, 0.15) is 10.7 Å². The molecule has 0 saturated carbocycles. The van der Waals surface area contributed by atoms with Crippen molar-refractivity contribution in [3.05, 3.63) is 65.6 Å². The third-order valence-electron chi connectivity index (χ3n) is 3.77. The van der Waals surface area contributed by atoms with Gasteiger partial charge in [-0.3, -0.25) is 0 Å². The smallest absolute Gasteiger partial charge is 0.232 e. The van der Waals surface area contributed by atoms with Crippen molar-refractivity contribution in [3.63, 3.8) is 0 Å². The maximum atomic E-state index is 14.2. The van der Waals surface area contributed by atoms with E-state index in [1.807, 2.05) is 0 Å². The topological polar surface area (TPSA) is 52.0 Å². The van der Waals surface area contributed by atoms with Crippen LogP contribution in [0.15, 0.2) is 47.4 Å². The lowest BCUT2D eigenvalue weighted by Gasteiger charge is -2.09. The van der Waals surface area contributed by atoms with Gasteiger partial charge in [0.2, 0.25) is 0 Å². The van der Waals surface area contributed by atoms with Crippen molar-refractivity contribution in [2.75, 3.05) is 6.26 Å². The summed E-state index contributed by atoms with van der Waals surface area (Å²) < 4.78 is 104. The number of halogens is 6. The molecule has 3 aromatic rings. The Bertz CT molecular complexity index is 1170. The van der Waals surface area contributed by atoms with E-state index in [-0.39, 0.29) is 16.9 Å². The third kappa shape index (κ3) is 3.75. The standard InChI is InChI=1S/C17H10F6N2O2S/c1-28(26,27)15-5-2-9(6-13(15)20)14-8-16(17(21,22)23)24-25(14)10-3-4-11(18)12(19)7-10/h2-8H,1H3. The van der Waals surface area contributed by atoms with E-state index in [1.165, 1.54) is 0 Å². The molecule has 0 spiro atoms. The van der Waals surface area contributed by atoms with E-state index in [1.54, 1.807) is 0 Å². The highest BCUT2D eigenvalue weighted by Crippen LogP contribution is 2.34. The molecule has 0 N–H and O–H groups in total. The quantitative estimate of drug-likeness (QED) is 0.591. The first-order valence-corrected chi connectivity index (χ1v) is 9.40. The number of alkyl halides is 3. The second-order valence-electron chi connectivity index (χ2n) is 5.84. The molecular weight excluding hydrogens is 410 g/mol. The fourth-order valence-electron chi connectivity index (χ4n) is 2.50. The van der Waals surface area contributed by atoms with Gasteiger partial charge in [-0.05, 0) is 30.3 Å². The lowest BCUT2D eigenvalue weighted by molar-refractivity contribution is -0.141. The predicted molar refractivity (Wildman–Crippen MR) is 87.0 cm³/mol. The minimum atomic E-state index is -4.86. The fourth-order valence-corrected chi connectivity index (χ4v) is 3.23. The Morgan fingerprint density at radius 1 is 0.893 bits per heavy atom. The molecule has 0 amide bonds. The van der Waals surface area contributed by atoms with Crippen LogP contribution in [-0.4, -0.2) is 24.5 Å². The van der Waals surface area contributed by atoms with Gasteiger partial charge in [0, 0.05) is 17.9 Å². The van der Waals surface area contributed by atoms with E-state index in [4.69, 9.17) is 0 Å². The Kier molecular flexibility index (Phi) is 4.74. The zero-order valence-corrected chi connectivity index (χ0v) is 14.7. The summed E-state index contributed by atoms with van der Waals surface area (Å²) in [7, 11) is -3.89. The summed E-state index contributed by atoms with van der Waals surface area (Å²) in [4.78, 5) is -0.633. The molecule has 0 bridgehead atoms. The van der Waals surface area contributed by atoms with Crippen LogP contribution in [0.2, 0.25) is 0 Å². The Hall–Kier alpha value is -2.82. The summed E-state index contributed by atoms with van der Waals surface area (Å²) in [6.45, 7) is 0. The zero-order chi connectivity index (χ0) is 20.9. The summed E-state index contributed by atoms with van der Waals surface area (Å²) >= 11 is 0. The molecule has 0 radical (unpaired) electrons. The average Bonchev–Trinajstić information content (AvgIpc) is 3.01. The van der Waals surface area contributed by atoms with Gasteiger partial charge in [0.05, 0.1) is 11.4 Å². The van der Waals surface area contributed by atoms with Crippen molar-refractivity contribution in [2.24, 2.45) is 0 Å². The number of hydrogen-bond donors (Lipinski definition) is 0. The molecule has 0 aliphatic carbocycles. The summed E-state index contributed by atoms with van der Waals surface area (Å²) in [6.07, 6.45) is -4.08. The van der Waals surface area contributed by atoms with Crippen molar-refractivity contribution < 1.29 is 34.8 Å². The fraction of sp³-hybridized carbons (Fsp3) is 0.118. The first-order valence-electron chi connectivity index (χ1n) is 7.50. The maximum Gasteiger partial charge on any atom is 0.435 e. The third-order valence-corrected chi connectivity index (χ3v) is 4.90. The number of benzene rings is 2. The molecule has 0 unspecified atom stereocenters. The molecule has 0 fully saturated rings. The van der Waals surface area contributed by atoms with Gasteiger partial charge in [-0.15, -0.1) is 0 Å². The van der Waals surface area contributed by atoms with Crippen molar-refractivity contribution in [2.45, 2.75) is 11.1 Å².